The molecule has 0 saturated carbocycles. The van der Waals surface area contributed by atoms with Gasteiger partial charge in [0.25, 0.3) is 0 Å². The highest BCUT2D eigenvalue weighted by atomic mass is 32.1. The molecule has 0 radical (unpaired) electrons. The molecule has 3 rings (SSSR count). The first kappa shape index (κ1) is 20.4. The number of hydrogen-bond acceptors (Lipinski definition) is 5. The lowest BCUT2D eigenvalue weighted by Crippen LogP contribution is -2.48. The minimum Gasteiger partial charge on any atom is -0.485 e. The number of Topliss-reactive ketones (excluding diaryl/α,β-unsaturated/α-hetero) is 1. The van der Waals surface area contributed by atoms with Gasteiger partial charge in [0, 0.05) is 18.5 Å². The number of benzene rings is 1. The van der Waals surface area contributed by atoms with Crippen LogP contribution in [0.15, 0.2) is 29.0 Å². The van der Waals surface area contributed by atoms with Crippen LogP contribution < -0.4 is 4.74 Å². The van der Waals surface area contributed by atoms with Crippen LogP contribution >= 0.6 is 11.3 Å². The fourth-order valence-electron chi connectivity index (χ4n) is 2.97. The van der Waals surface area contributed by atoms with Gasteiger partial charge in [0.15, 0.2) is 23.2 Å². The summed E-state index contributed by atoms with van der Waals surface area (Å²) in [5.74, 6) is -2.78. The van der Waals surface area contributed by atoms with Gasteiger partial charge in [0.2, 0.25) is 5.91 Å². The van der Waals surface area contributed by atoms with E-state index in [0.717, 1.165) is 17.7 Å². The van der Waals surface area contributed by atoms with E-state index in [1.54, 1.807) is 11.8 Å². The summed E-state index contributed by atoms with van der Waals surface area (Å²) in [7, 11) is 0. The van der Waals surface area contributed by atoms with E-state index in [2.05, 4.69) is 0 Å². The van der Waals surface area contributed by atoms with E-state index in [1.807, 2.05) is 16.8 Å². The Morgan fingerprint density at radius 2 is 2.07 bits per heavy atom. The van der Waals surface area contributed by atoms with Crippen molar-refractivity contribution in [2.45, 2.75) is 25.9 Å². The number of rotatable bonds is 7. The molecule has 2 heterocycles. The zero-order valence-electron chi connectivity index (χ0n) is 15.5. The van der Waals surface area contributed by atoms with Crippen LogP contribution in [0.3, 0.4) is 0 Å². The first-order chi connectivity index (χ1) is 13.5. The van der Waals surface area contributed by atoms with Gasteiger partial charge in [-0.05, 0) is 34.5 Å². The first-order valence-electron chi connectivity index (χ1n) is 9.03. The molecule has 1 unspecified atom stereocenters. The van der Waals surface area contributed by atoms with Crippen LogP contribution in [-0.4, -0.2) is 49.0 Å². The number of amides is 1. The van der Waals surface area contributed by atoms with Gasteiger partial charge in [-0.2, -0.15) is 11.3 Å². The number of nitrogens with zero attached hydrogens (tertiary/aromatic N) is 1. The SMILES string of the molecule is CCC(=O)c1cc(F)c(OCC2CN(C(=O)Cc3ccsc3)CCO2)c(F)c1. The maximum Gasteiger partial charge on any atom is 0.227 e. The number of thiophene rings is 1. The lowest BCUT2D eigenvalue weighted by atomic mass is 10.1. The number of hydrogen-bond donors (Lipinski definition) is 0. The van der Waals surface area contributed by atoms with Gasteiger partial charge in [-0.25, -0.2) is 8.78 Å². The molecule has 8 heteroatoms. The zero-order valence-corrected chi connectivity index (χ0v) is 16.3. The fraction of sp³-hybridized carbons (Fsp3) is 0.400. The van der Waals surface area contributed by atoms with Crippen molar-refractivity contribution >= 4 is 23.0 Å². The van der Waals surface area contributed by atoms with Gasteiger partial charge < -0.3 is 14.4 Å². The second-order valence-electron chi connectivity index (χ2n) is 6.50. The molecule has 0 N–H and O–H groups in total. The van der Waals surface area contributed by atoms with E-state index in [9.17, 15) is 18.4 Å². The Bertz CT molecular complexity index is 818. The monoisotopic (exact) mass is 409 g/mol. The van der Waals surface area contributed by atoms with Crippen LogP contribution in [0.2, 0.25) is 0 Å². The van der Waals surface area contributed by atoms with E-state index in [0.29, 0.717) is 26.1 Å². The van der Waals surface area contributed by atoms with Crippen molar-refractivity contribution in [3.05, 3.63) is 51.7 Å². The Kier molecular flexibility index (Phi) is 6.74. The van der Waals surface area contributed by atoms with Gasteiger partial charge in [-0.15, -0.1) is 0 Å². The van der Waals surface area contributed by atoms with Crippen molar-refractivity contribution in [1.29, 1.82) is 0 Å². The van der Waals surface area contributed by atoms with Crippen LogP contribution in [0.5, 0.6) is 5.75 Å². The van der Waals surface area contributed by atoms with Gasteiger partial charge in [0.1, 0.15) is 12.7 Å². The normalized spacial score (nSPS) is 16.8. The summed E-state index contributed by atoms with van der Waals surface area (Å²) in [4.78, 5) is 25.7. The largest absolute Gasteiger partial charge is 0.485 e. The lowest BCUT2D eigenvalue weighted by molar-refractivity contribution is -0.139. The maximum absolute atomic E-state index is 14.2. The molecule has 2 aromatic rings. The van der Waals surface area contributed by atoms with Crippen LogP contribution in [-0.2, 0) is 16.0 Å². The van der Waals surface area contributed by atoms with E-state index in [-0.39, 0.29) is 30.3 Å². The minimum absolute atomic E-state index is 0.0218. The van der Waals surface area contributed by atoms with Gasteiger partial charge in [0.05, 0.1) is 19.6 Å². The molecule has 0 aliphatic carbocycles. The second kappa shape index (κ2) is 9.25. The first-order valence-corrected chi connectivity index (χ1v) is 9.97. The van der Waals surface area contributed by atoms with Crippen LogP contribution in [0.4, 0.5) is 8.78 Å². The van der Waals surface area contributed by atoms with Crippen LogP contribution in [0, 0.1) is 11.6 Å². The van der Waals surface area contributed by atoms with Crippen molar-refractivity contribution in [2.75, 3.05) is 26.3 Å². The molecule has 1 aromatic carbocycles. The van der Waals surface area contributed by atoms with Crippen molar-refractivity contribution in [3.63, 3.8) is 0 Å². The Hall–Kier alpha value is -2.32. The standard InChI is InChI=1S/C20H21F2NO4S/c1-2-18(24)14-8-16(21)20(17(22)9-14)27-11-15-10-23(4-5-26-15)19(25)7-13-3-6-28-12-13/h3,6,8-9,12,15H,2,4-5,7,10-11H2,1H3. The highest BCUT2D eigenvalue weighted by Crippen LogP contribution is 2.24. The minimum atomic E-state index is -0.932. The molecule has 1 aliphatic rings. The number of halogens is 2. The quantitative estimate of drug-likeness (QED) is 0.657. The lowest BCUT2D eigenvalue weighted by Gasteiger charge is -2.33. The molecule has 1 fully saturated rings. The van der Waals surface area contributed by atoms with E-state index in [1.165, 1.54) is 11.3 Å². The third kappa shape index (κ3) is 4.94. The molecule has 1 atom stereocenters. The van der Waals surface area contributed by atoms with Crippen molar-refractivity contribution in [3.8, 4) is 5.75 Å². The Morgan fingerprint density at radius 3 is 2.71 bits per heavy atom. The number of morpholine rings is 1. The predicted molar refractivity (Wildman–Crippen MR) is 101 cm³/mol. The summed E-state index contributed by atoms with van der Waals surface area (Å²) >= 11 is 1.53. The molecule has 1 aliphatic heterocycles. The third-order valence-corrected chi connectivity index (χ3v) is 5.21. The molecule has 1 amide bonds. The molecule has 150 valence electrons. The number of carbonyl (C=O) groups is 2. The van der Waals surface area contributed by atoms with Gasteiger partial charge >= 0.3 is 0 Å². The number of ketones is 1. The van der Waals surface area contributed by atoms with E-state index >= 15 is 0 Å². The summed E-state index contributed by atoms with van der Waals surface area (Å²) < 4.78 is 39.2. The summed E-state index contributed by atoms with van der Waals surface area (Å²) in [6.45, 7) is 2.61. The Morgan fingerprint density at radius 1 is 1.32 bits per heavy atom. The van der Waals surface area contributed by atoms with Crippen LogP contribution in [0.25, 0.3) is 0 Å². The topological polar surface area (TPSA) is 55.8 Å². The summed E-state index contributed by atoms with van der Waals surface area (Å²) in [5, 5.41) is 3.85. The molecular formula is C20H21F2NO4S. The molecule has 0 bridgehead atoms. The van der Waals surface area contributed by atoms with Crippen molar-refractivity contribution in [2.24, 2.45) is 0 Å². The fourth-order valence-corrected chi connectivity index (χ4v) is 3.63. The molecule has 1 aromatic heterocycles. The predicted octanol–water partition coefficient (Wildman–Crippen LogP) is 3.47. The summed E-state index contributed by atoms with van der Waals surface area (Å²) in [6.07, 6.45) is -0.0201. The smallest absolute Gasteiger partial charge is 0.227 e. The highest BCUT2D eigenvalue weighted by molar-refractivity contribution is 7.08. The summed E-state index contributed by atoms with van der Waals surface area (Å²) in [6, 6.07) is 3.85. The third-order valence-electron chi connectivity index (χ3n) is 4.48. The average molecular weight is 409 g/mol. The Balaban J connectivity index is 1.58. The van der Waals surface area contributed by atoms with Crippen molar-refractivity contribution < 1.29 is 27.8 Å². The van der Waals surface area contributed by atoms with Crippen LogP contribution in [0.1, 0.15) is 29.3 Å². The average Bonchev–Trinajstić information content (AvgIpc) is 3.19. The number of ether oxygens (including phenoxy) is 2. The van der Waals surface area contributed by atoms with Crippen molar-refractivity contribution in [1.82, 2.24) is 4.90 Å². The maximum atomic E-state index is 14.2. The van der Waals surface area contributed by atoms with Gasteiger partial charge in [-0.1, -0.05) is 6.92 Å². The summed E-state index contributed by atoms with van der Waals surface area (Å²) in [5.41, 5.74) is 0.934. The number of carbonyl (C=O) groups excluding carboxylic acids is 2. The molecule has 28 heavy (non-hydrogen) atoms. The molecule has 5 nitrogen and oxygen atoms in total. The molecule has 0 spiro atoms. The molecule has 1 saturated heterocycles. The zero-order chi connectivity index (χ0) is 20.1. The van der Waals surface area contributed by atoms with E-state index < -0.39 is 23.5 Å². The Labute approximate surface area is 165 Å². The second-order valence-corrected chi connectivity index (χ2v) is 7.28. The van der Waals surface area contributed by atoms with E-state index in [4.69, 9.17) is 9.47 Å². The molecular weight excluding hydrogens is 388 g/mol. The highest BCUT2D eigenvalue weighted by Gasteiger charge is 2.26. The van der Waals surface area contributed by atoms with Gasteiger partial charge in [-0.3, -0.25) is 9.59 Å².